The summed E-state index contributed by atoms with van der Waals surface area (Å²) >= 11 is 6.95. The van der Waals surface area contributed by atoms with Crippen molar-refractivity contribution in [3.8, 4) is 0 Å². The van der Waals surface area contributed by atoms with E-state index in [1.807, 2.05) is 4.90 Å². The van der Waals surface area contributed by atoms with Gasteiger partial charge in [-0.1, -0.05) is 17.7 Å². The smallest absolute Gasteiger partial charge is 0.214 e. The summed E-state index contributed by atoms with van der Waals surface area (Å²) in [6.45, 7) is 7.66. The molecule has 1 aliphatic heterocycles. The Balaban J connectivity index is 1.81. The molecule has 2 aromatic rings. The number of hydrogen-bond acceptors (Lipinski definition) is 5. The van der Waals surface area contributed by atoms with Gasteiger partial charge >= 0.3 is 0 Å². The molecule has 1 aromatic heterocycles. The van der Waals surface area contributed by atoms with Gasteiger partial charge in [0.2, 0.25) is 5.95 Å². The topological polar surface area (TPSA) is 31.4 Å². The number of nitrogens with one attached hydrogen (secondary N) is 1. The summed E-state index contributed by atoms with van der Waals surface area (Å²) in [5.74, 6) is -2.11. The first-order valence-electron chi connectivity index (χ1n) is 9.33. The van der Waals surface area contributed by atoms with E-state index in [4.69, 9.17) is 11.6 Å². The Morgan fingerprint density at radius 3 is 2.69 bits per heavy atom. The van der Waals surface area contributed by atoms with Crippen LogP contribution in [0.15, 0.2) is 29.2 Å². The average molecular weight is 445 g/mol. The Bertz CT molecular complexity index is 898. The van der Waals surface area contributed by atoms with Crippen LogP contribution < -0.4 is 9.62 Å². The molecule has 0 spiro atoms. The summed E-state index contributed by atoms with van der Waals surface area (Å²) in [4.78, 5) is 7.51. The third kappa shape index (κ3) is 4.59. The van der Waals surface area contributed by atoms with Crippen LogP contribution in [0, 0.1) is 17.6 Å². The number of halogens is 4. The van der Waals surface area contributed by atoms with Gasteiger partial charge in [-0.2, -0.15) is 4.39 Å². The van der Waals surface area contributed by atoms with E-state index >= 15 is 0 Å². The molecule has 0 aliphatic carbocycles. The number of aromatic nitrogens is 1. The molecule has 1 aromatic carbocycles. The lowest BCUT2D eigenvalue weighted by Crippen LogP contribution is -2.49. The molecule has 0 saturated carbocycles. The highest BCUT2D eigenvalue weighted by molar-refractivity contribution is 8.00. The standard InChI is InChI=1S/C20H24ClF3N4S/c1-12(2)27(4)20(3)8-9-28(11-20)14-10-13(22)19(18(24)17(14)21)29-26-16-7-5-6-15(23)25-16/h5-7,10,12H,8-9,11H2,1-4H3,(H,25,26). The molecule has 1 atom stereocenters. The van der Waals surface area contributed by atoms with Crippen molar-refractivity contribution in [2.75, 3.05) is 29.8 Å². The van der Waals surface area contributed by atoms with Crippen molar-refractivity contribution >= 4 is 35.1 Å². The minimum absolute atomic E-state index is 0.109. The van der Waals surface area contributed by atoms with Crippen molar-refractivity contribution in [2.24, 2.45) is 0 Å². The average Bonchev–Trinajstić information content (AvgIpc) is 3.07. The maximum Gasteiger partial charge on any atom is 0.214 e. The Kier molecular flexibility index (Phi) is 6.55. The third-order valence-electron chi connectivity index (χ3n) is 5.49. The summed E-state index contributed by atoms with van der Waals surface area (Å²) in [5.41, 5.74) is 0.235. The molecule has 0 radical (unpaired) electrons. The SMILES string of the molecule is CC(C)N(C)C1(C)CCN(c2cc(F)c(SNc3cccc(F)n3)c(F)c2Cl)C1. The molecule has 1 fully saturated rings. The molecular formula is C20H24ClF3N4S. The Morgan fingerprint density at radius 2 is 2.03 bits per heavy atom. The third-order valence-corrected chi connectivity index (χ3v) is 6.74. The number of rotatable bonds is 6. The summed E-state index contributed by atoms with van der Waals surface area (Å²) in [5, 5.41) is -0.126. The first-order valence-corrected chi connectivity index (χ1v) is 10.5. The first-order chi connectivity index (χ1) is 13.6. The monoisotopic (exact) mass is 444 g/mol. The fraction of sp³-hybridized carbons (Fsp3) is 0.450. The maximum atomic E-state index is 14.9. The highest BCUT2D eigenvalue weighted by atomic mass is 35.5. The molecular weight excluding hydrogens is 421 g/mol. The molecule has 9 heteroatoms. The van der Waals surface area contributed by atoms with Crippen LogP contribution in [-0.2, 0) is 0 Å². The number of nitrogens with zero attached hydrogens (tertiary/aromatic N) is 3. The molecule has 29 heavy (non-hydrogen) atoms. The van der Waals surface area contributed by atoms with Crippen molar-refractivity contribution in [1.29, 1.82) is 0 Å². The van der Waals surface area contributed by atoms with Gasteiger partial charge in [0, 0.05) is 30.7 Å². The van der Waals surface area contributed by atoms with Crippen LogP contribution in [0.4, 0.5) is 24.7 Å². The van der Waals surface area contributed by atoms with Crippen molar-refractivity contribution in [1.82, 2.24) is 9.88 Å². The van der Waals surface area contributed by atoms with E-state index in [1.165, 1.54) is 24.3 Å². The molecule has 1 saturated heterocycles. The van der Waals surface area contributed by atoms with Crippen LogP contribution in [0.3, 0.4) is 0 Å². The van der Waals surface area contributed by atoms with Gasteiger partial charge in [-0.05, 0) is 58.3 Å². The second kappa shape index (κ2) is 8.62. The number of pyridine rings is 1. The first kappa shape index (κ1) is 22.1. The van der Waals surface area contributed by atoms with E-state index in [9.17, 15) is 13.2 Å². The summed E-state index contributed by atoms with van der Waals surface area (Å²) in [6.07, 6.45) is 0.866. The summed E-state index contributed by atoms with van der Waals surface area (Å²) < 4.78 is 45.4. The molecule has 0 amide bonds. The highest BCUT2D eigenvalue weighted by Crippen LogP contribution is 2.40. The lowest BCUT2D eigenvalue weighted by atomic mass is 9.98. The largest absolute Gasteiger partial charge is 0.368 e. The second-order valence-corrected chi connectivity index (χ2v) is 8.95. The molecule has 4 nitrogen and oxygen atoms in total. The van der Waals surface area contributed by atoms with Gasteiger partial charge in [-0.3, -0.25) is 4.90 Å². The van der Waals surface area contributed by atoms with E-state index < -0.39 is 17.6 Å². The zero-order valence-electron chi connectivity index (χ0n) is 16.8. The van der Waals surface area contributed by atoms with Gasteiger partial charge in [-0.25, -0.2) is 13.8 Å². The fourth-order valence-corrected chi connectivity index (χ4v) is 4.51. The van der Waals surface area contributed by atoms with Crippen LogP contribution in [0.2, 0.25) is 5.02 Å². The van der Waals surface area contributed by atoms with Gasteiger partial charge in [0.25, 0.3) is 0 Å². The predicted molar refractivity (Wildman–Crippen MR) is 113 cm³/mol. The van der Waals surface area contributed by atoms with Crippen molar-refractivity contribution in [3.05, 3.63) is 46.9 Å². The summed E-state index contributed by atoms with van der Waals surface area (Å²) in [6, 6.07) is 5.74. The predicted octanol–water partition coefficient (Wildman–Crippen LogP) is 5.58. The van der Waals surface area contributed by atoms with Crippen molar-refractivity contribution < 1.29 is 13.2 Å². The Hall–Kier alpha value is -1.64. The Labute approximate surface area is 178 Å². The molecule has 1 unspecified atom stereocenters. The van der Waals surface area contributed by atoms with Crippen LogP contribution in [0.5, 0.6) is 0 Å². The van der Waals surface area contributed by atoms with E-state index in [-0.39, 0.29) is 21.3 Å². The van der Waals surface area contributed by atoms with E-state index in [2.05, 4.69) is 42.4 Å². The van der Waals surface area contributed by atoms with Gasteiger partial charge in [0.05, 0.1) is 5.69 Å². The number of benzene rings is 1. The van der Waals surface area contributed by atoms with Gasteiger partial charge in [-0.15, -0.1) is 0 Å². The maximum absolute atomic E-state index is 14.9. The van der Waals surface area contributed by atoms with E-state index in [1.54, 1.807) is 0 Å². The zero-order chi connectivity index (χ0) is 21.3. The van der Waals surface area contributed by atoms with Gasteiger partial charge in [0.1, 0.15) is 21.6 Å². The summed E-state index contributed by atoms with van der Waals surface area (Å²) in [7, 11) is 2.06. The lowest BCUT2D eigenvalue weighted by Gasteiger charge is -2.38. The van der Waals surface area contributed by atoms with Crippen LogP contribution in [0.1, 0.15) is 27.2 Å². The lowest BCUT2D eigenvalue weighted by molar-refractivity contribution is 0.121. The van der Waals surface area contributed by atoms with Crippen LogP contribution in [-0.4, -0.2) is 41.6 Å². The molecule has 1 aliphatic rings. The number of hydrogen-bond donors (Lipinski definition) is 1. The van der Waals surface area contributed by atoms with Crippen LogP contribution >= 0.6 is 23.5 Å². The van der Waals surface area contributed by atoms with E-state index in [0.29, 0.717) is 36.8 Å². The van der Waals surface area contributed by atoms with Crippen molar-refractivity contribution in [3.63, 3.8) is 0 Å². The molecule has 3 rings (SSSR count). The zero-order valence-corrected chi connectivity index (χ0v) is 18.3. The number of likely N-dealkylation sites (N-methyl/N-ethyl adjacent to an activating group) is 1. The highest BCUT2D eigenvalue weighted by Gasteiger charge is 2.39. The van der Waals surface area contributed by atoms with Gasteiger partial charge < -0.3 is 9.62 Å². The second-order valence-electron chi connectivity index (χ2n) is 7.76. The van der Waals surface area contributed by atoms with Gasteiger partial charge in [0.15, 0.2) is 5.82 Å². The fourth-order valence-electron chi connectivity index (χ4n) is 3.52. The number of anilines is 2. The van der Waals surface area contributed by atoms with Crippen LogP contribution in [0.25, 0.3) is 0 Å². The molecule has 2 heterocycles. The quantitative estimate of drug-likeness (QED) is 0.357. The molecule has 1 N–H and O–H groups in total. The van der Waals surface area contributed by atoms with Crippen molar-refractivity contribution in [2.45, 2.75) is 43.7 Å². The molecule has 0 bridgehead atoms. The normalized spacial score (nSPS) is 19.4. The molecule has 158 valence electrons. The van der Waals surface area contributed by atoms with E-state index in [0.717, 1.165) is 6.42 Å². The Morgan fingerprint density at radius 1 is 1.31 bits per heavy atom. The minimum atomic E-state index is -0.846. The minimum Gasteiger partial charge on any atom is -0.368 e.